The van der Waals surface area contributed by atoms with E-state index in [1.54, 1.807) is 35.4 Å². The summed E-state index contributed by atoms with van der Waals surface area (Å²) in [6.07, 6.45) is 2.78. The van der Waals surface area contributed by atoms with Gasteiger partial charge in [0, 0.05) is 19.0 Å². The quantitative estimate of drug-likeness (QED) is 0.845. The summed E-state index contributed by atoms with van der Waals surface area (Å²) < 4.78 is 18.5. The van der Waals surface area contributed by atoms with Crippen molar-refractivity contribution in [3.05, 3.63) is 59.8 Å². The van der Waals surface area contributed by atoms with Crippen molar-refractivity contribution < 1.29 is 18.4 Å². The van der Waals surface area contributed by atoms with E-state index < -0.39 is 0 Å². The molecule has 1 unspecified atom stereocenters. The Morgan fingerprint density at radius 2 is 2.04 bits per heavy atom. The van der Waals surface area contributed by atoms with Crippen LogP contribution in [0.3, 0.4) is 0 Å². The zero-order valence-corrected chi connectivity index (χ0v) is 15.3. The molecule has 2 heterocycles. The molecule has 0 aliphatic carbocycles. The highest BCUT2D eigenvalue weighted by molar-refractivity contribution is 5.80. The normalized spacial score (nSPS) is 16.0. The molecule has 3 rings (SSSR count). The lowest BCUT2D eigenvalue weighted by Gasteiger charge is -2.32. The molecule has 2 N–H and O–H groups in total. The van der Waals surface area contributed by atoms with Gasteiger partial charge in [-0.2, -0.15) is 0 Å². The van der Waals surface area contributed by atoms with E-state index >= 15 is 0 Å². The minimum absolute atomic E-state index is 0.0533. The lowest BCUT2D eigenvalue weighted by atomic mass is 9.95. The first-order valence-electron chi connectivity index (χ1n) is 9.14. The third kappa shape index (κ3) is 5.09. The second-order valence-corrected chi connectivity index (χ2v) is 6.78. The third-order valence-electron chi connectivity index (χ3n) is 4.85. The molecule has 0 radical (unpaired) electrons. The Labute approximate surface area is 157 Å². The van der Waals surface area contributed by atoms with Gasteiger partial charge in [-0.25, -0.2) is 9.18 Å². The molecule has 1 fully saturated rings. The number of amides is 3. The standard InChI is InChI=1S/C20H24FN3O3/c1-14(16-4-2-5-17(21)12-16)23-19(25)15-7-9-24(10-8-15)20(26)22-13-18-6-3-11-27-18/h2-6,11-12,14-15H,7-10,13H2,1H3,(H,22,26)(H,23,25). The van der Waals surface area contributed by atoms with E-state index in [1.807, 2.05) is 6.92 Å². The largest absolute Gasteiger partial charge is 0.467 e. The highest BCUT2D eigenvalue weighted by atomic mass is 19.1. The van der Waals surface area contributed by atoms with Crippen molar-refractivity contribution in [3.8, 4) is 0 Å². The van der Waals surface area contributed by atoms with Crippen LogP contribution in [-0.4, -0.2) is 29.9 Å². The Bertz CT molecular complexity index is 771. The van der Waals surface area contributed by atoms with Gasteiger partial charge in [-0.3, -0.25) is 4.79 Å². The van der Waals surface area contributed by atoms with Crippen LogP contribution in [0.2, 0.25) is 0 Å². The van der Waals surface area contributed by atoms with Gasteiger partial charge in [-0.15, -0.1) is 0 Å². The van der Waals surface area contributed by atoms with Crippen LogP contribution in [0.25, 0.3) is 0 Å². The fourth-order valence-electron chi connectivity index (χ4n) is 3.22. The highest BCUT2D eigenvalue weighted by Gasteiger charge is 2.28. The van der Waals surface area contributed by atoms with Crippen molar-refractivity contribution in [1.29, 1.82) is 0 Å². The molecule has 1 aromatic heterocycles. The van der Waals surface area contributed by atoms with E-state index in [0.29, 0.717) is 38.2 Å². The summed E-state index contributed by atoms with van der Waals surface area (Å²) in [6.45, 7) is 3.23. The molecule has 1 aliphatic rings. The Morgan fingerprint density at radius 3 is 2.70 bits per heavy atom. The fraction of sp³-hybridized carbons (Fsp3) is 0.400. The number of hydrogen-bond acceptors (Lipinski definition) is 3. The second kappa shape index (κ2) is 8.70. The fourth-order valence-corrected chi connectivity index (χ4v) is 3.22. The monoisotopic (exact) mass is 373 g/mol. The molecular weight excluding hydrogens is 349 g/mol. The van der Waals surface area contributed by atoms with Gasteiger partial charge in [-0.1, -0.05) is 12.1 Å². The van der Waals surface area contributed by atoms with Crippen LogP contribution in [0.5, 0.6) is 0 Å². The van der Waals surface area contributed by atoms with E-state index in [2.05, 4.69) is 10.6 Å². The Hall–Kier alpha value is -2.83. The van der Waals surface area contributed by atoms with Crippen molar-refractivity contribution in [3.63, 3.8) is 0 Å². The zero-order valence-electron chi connectivity index (χ0n) is 15.3. The highest BCUT2D eigenvalue weighted by Crippen LogP contribution is 2.20. The van der Waals surface area contributed by atoms with Crippen LogP contribution in [0.15, 0.2) is 47.1 Å². The summed E-state index contributed by atoms with van der Waals surface area (Å²) in [5, 5.41) is 5.76. The number of likely N-dealkylation sites (tertiary alicyclic amines) is 1. The number of rotatable bonds is 5. The van der Waals surface area contributed by atoms with E-state index in [1.165, 1.54) is 12.1 Å². The number of carbonyl (C=O) groups excluding carboxylic acids is 2. The van der Waals surface area contributed by atoms with Crippen LogP contribution in [0.4, 0.5) is 9.18 Å². The summed E-state index contributed by atoms with van der Waals surface area (Å²) >= 11 is 0. The summed E-state index contributed by atoms with van der Waals surface area (Å²) in [7, 11) is 0. The molecule has 0 bridgehead atoms. The van der Waals surface area contributed by atoms with Crippen LogP contribution in [0.1, 0.15) is 37.1 Å². The van der Waals surface area contributed by atoms with Crippen molar-refractivity contribution >= 4 is 11.9 Å². The first kappa shape index (κ1) is 18.9. The molecule has 2 aromatic rings. The molecular formula is C20H24FN3O3. The molecule has 0 spiro atoms. The number of piperidine rings is 1. The van der Waals surface area contributed by atoms with Crippen LogP contribution in [-0.2, 0) is 11.3 Å². The minimum atomic E-state index is -0.317. The van der Waals surface area contributed by atoms with Gasteiger partial charge in [0.05, 0.1) is 18.8 Å². The van der Waals surface area contributed by atoms with Crippen molar-refractivity contribution in [2.24, 2.45) is 5.92 Å². The molecule has 1 saturated heterocycles. The average molecular weight is 373 g/mol. The van der Waals surface area contributed by atoms with Crippen LogP contribution < -0.4 is 10.6 Å². The molecule has 144 valence electrons. The topological polar surface area (TPSA) is 74.6 Å². The maximum atomic E-state index is 13.3. The maximum absolute atomic E-state index is 13.3. The van der Waals surface area contributed by atoms with Gasteiger partial charge < -0.3 is 20.0 Å². The van der Waals surface area contributed by atoms with E-state index in [9.17, 15) is 14.0 Å². The number of furan rings is 1. The van der Waals surface area contributed by atoms with Gasteiger partial charge in [0.2, 0.25) is 5.91 Å². The number of nitrogens with one attached hydrogen (secondary N) is 2. The Kier molecular flexibility index (Phi) is 6.11. The minimum Gasteiger partial charge on any atom is -0.467 e. The molecule has 6 nitrogen and oxygen atoms in total. The van der Waals surface area contributed by atoms with Crippen molar-refractivity contribution in [1.82, 2.24) is 15.5 Å². The van der Waals surface area contributed by atoms with E-state index in [0.717, 1.165) is 5.56 Å². The average Bonchev–Trinajstić information content (AvgIpc) is 3.20. The van der Waals surface area contributed by atoms with Gasteiger partial charge in [0.1, 0.15) is 11.6 Å². The smallest absolute Gasteiger partial charge is 0.317 e. The number of benzene rings is 1. The maximum Gasteiger partial charge on any atom is 0.317 e. The van der Waals surface area contributed by atoms with Gasteiger partial charge in [0.15, 0.2) is 0 Å². The number of nitrogens with zero attached hydrogens (tertiary/aromatic N) is 1. The molecule has 1 aliphatic heterocycles. The third-order valence-corrected chi connectivity index (χ3v) is 4.85. The SMILES string of the molecule is CC(NC(=O)C1CCN(C(=O)NCc2ccco2)CC1)c1cccc(F)c1. The zero-order chi connectivity index (χ0) is 19.2. The first-order chi connectivity index (χ1) is 13.0. The van der Waals surface area contributed by atoms with Crippen molar-refractivity contribution in [2.45, 2.75) is 32.4 Å². The predicted octanol–water partition coefficient (Wildman–Crippen LogP) is 3.22. The van der Waals surface area contributed by atoms with Gasteiger partial charge in [0.25, 0.3) is 0 Å². The summed E-state index contributed by atoms with van der Waals surface area (Å²) in [6, 6.07) is 9.39. The van der Waals surface area contributed by atoms with Crippen LogP contribution >= 0.6 is 0 Å². The predicted molar refractivity (Wildman–Crippen MR) is 98.2 cm³/mol. The molecule has 7 heteroatoms. The number of carbonyl (C=O) groups is 2. The molecule has 27 heavy (non-hydrogen) atoms. The molecule has 3 amide bonds. The number of halogens is 1. The van der Waals surface area contributed by atoms with E-state index in [-0.39, 0.29) is 29.7 Å². The van der Waals surface area contributed by atoms with Gasteiger partial charge in [-0.05, 0) is 49.6 Å². The lowest BCUT2D eigenvalue weighted by molar-refractivity contribution is -0.126. The molecule has 1 aromatic carbocycles. The van der Waals surface area contributed by atoms with Crippen LogP contribution in [0, 0.1) is 11.7 Å². The first-order valence-corrected chi connectivity index (χ1v) is 9.14. The van der Waals surface area contributed by atoms with Crippen molar-refractivity contribution in [2.75, 3.05) is 13.1 Å². The number of hydrogen-bond donors (Lipinski definition) is 2. The molecule has 1 atom stereocenters. The van der Waals surface area contributed by atoms with E-state index in [4.69, 9.17) is 4.42 Å². The summed E-state index contributed by atoms with van der Waals surface area (Å²) in [5.74, 6) is 0.184. The number of urea groups is 1. The Morgan fingerprint density at radius 1 is 1.26 bits per heavy atom. The Balaban J connectivity index is 1.44. The second-order valence-electron chi connectivity index (χ2n) is 6.78. The van der Waals surface area contributed by atoms with Gasteiger partial charge >= 0.3 is 6.03 Å². The lowest BCUT2D eigenvalue weighted by Crippen LogP contribution is -2.46. The summed E-state index contributed by atoms with van der Waals surface area (Å²) in [4.78, 5) is 26.4. The summed E-state index contributed by atoms with van der Waals surface area (Å²) in [5.41, 5.74) is 0.734. The molecule has 0 saturated carbocycles.